The van der Waals surface area contributed by atoms with Gasteiger partial charge in [0.25, 0.3) is 0 Å². The number of hydrogen-bond acceptors (Lipinski definition) is 5. The van der Waals surface area contributed by atoms with Crippen LogP contribution in [0.15, 0.2) is 47.6 Å². The highest BCUT2D eigenvalue weighted by molar-refractivity contribution is 7.99. The summed E-state index contributed by atoms with van der Waals surface area (Å²) in [6, 6.07) is 12.4. The number of Topliss-reactive ketones (excluding diaryl/α,β-unsaturated/α-hetero) is 1. The van der Waals surface area contributed by atoms with E-state index in [-0.39, 0.29) is 17.4 Å². The number of carbonyl (C=O) groups excluding carboxylic acids is 2. The van der Waals surface area contributed by atoms with Crippen LogP contribution in [0.5, 0.6) is 0 Å². The number of thioether (sulfide) groups is 1. The first-order chi connectivity index (χ1) is 14.3. The van der Waals surface area contributed by atoms with Crippen LogP contribution in [0.25, 0.3) is 5.69 Å². The fraction of sp³-hybridized carbons (Fsp3) is 0.273. The number of halogens is 1. The van der Waals surface area contributed by atoms with Gasteiger partial charge < -0.3 is 5.32 Å². The highest BCUT2D eigenvalue weighted by Gasteiger charge is 2.15. The van der Waals surface area contributed by atoms with Crippen LogP contribution in [0.4, 0.5) is 4.39 Å². The Balaban J connectivity index is 1.68. The third kappa shape index (κ3) is 5.33. The standard InChI is InChI=1S/C22H23FN4O2S/c1-14-5-4-6-19(11-14)27-15(2)25-26-22(27)30-13-21(29)18-8-7-17(20(23)12-18)9-10-24-16(3)28/h4-8,11-12H,9-10,13H2,1-3H3,(H,24,28). The summed E-state index contributed by atoms with van der Waals surface area (Å²) >= 11 is 1.27. The Bertz CT molecular complexity index is 1080. The summed E-state index contributed by atoms with van der Waals surface area (Å²) in [6.45, 7) is 5.63. The lowest BCUT2D eigenvalue weighted by atomic mass is 10.1. The van der Waals surface area contributed by atoms with Crippen molar-refractivity contribution < 1.29 is 14.0 Å². The number of carbonyl (C=O) groups is 2. The molecule has 0 saturated carbocycles. The molecule has 156 valence electrons. The van der Waals surface area contributed by atoms with Gasteiger partial charge >= 0.3 is 0 Å². The van der Waals surface area contributed by atoms with Crippen molar-refractivity contribution >= 4 is 23.5 Å². The molecule has 1 heterocycles. The molecule has 2 aromatic carbocycles. The zero-order valence-electron chi connectivity index (χ0n) is 17.1. The van der Waals surface area contributed by atoms with Crippen molar-refractivity contribution in [3.8, 4) is 5.69 Å². The molecule has 0 aliphatic heterocycles. The molecule has 30 heavy (non-hydrogen) atoms. The first-order valence-corrected chi connectivity index (χ1v) is 10.5. The fourth-order valence-electron chi connectivity index (χ4n) is 3.01. The lowest BCUT2D eigenvalue weighted by molar-refractivity contribution is -0.118. The molecule has 1 N–H and O–H groups in total. The molecule has 0 atom stereocenters. The maximum Gasteiger partial charge on any atom is 0.216 e. The van der Waals surface area contributed by atoms with E-state index in [1.54, 1.807) is 12.1 Å². The van der Waals surface area contributed by atoms with Gasteiger partial charge in [0.05, 0.1) is 5.75 Å². The van der Waals surface area contributed by atoms with Gasteiger partial charge in [0.15, 0.2) is 10.9 Å². The topological polar surface area (TPSA) is 76.9 Å². The molecule has 3 rings (SSSR count). The van der Waals surface area contributed by atoms with Crippen molar-refractivity contribution in [2.75, 3.05) is 12.3 Å². The minimum Gasteiger partial charge on any atom is -0.356 e. The number of ketones is 1. The van der Waals surface area contributed by atoms with Gasteiger partial charge in [-0.3, -0.25) is 14.2 Å². The van der Waals surface area contributed by atoms with Gasteiger partial charge in [0.1, 0.15) is 11.6 Å². The van der Waals surface area contributed by atoms with E-state index in [9.17, 15) is 14.0 Å². The molecule has 0 unspecified atom stereocenters. The molecule has 0 saturated heterocycles. The van der Waals surface area contributed by atoms with Crippen LogP contribution in [0.3, 0.4) is 0 Å². The lowest BCUT2D eigenvalue weighted by Gasteiger charge is -2.09. The molecule has 0 bridgehead atoms. The third-order valence-corrected chi connectivity index (χ3v) is 5.46. The summed E-state index contributed by atoms with van der Waals surface area (Å²) in [6.07, 6.45) is 0.369. The van der Waals surface area contributed by atoms with Crippen LogP contribution in [-0.4, -0.2) is 38.8 Å². The van der Waals surface area contributed by atoms with E-state index in [2.05, 4.69) is 15.5 Å². The number of benzene rings is 2. The number of aromatic nitrogens is 3. The van der Waals surface area contributed by atoms with E-state index in [1.807, 2.05) is 42.7 Å². The normalized spacial score (nSPS) is 10.8. The average Bonchev–Trinajstić information content (AvgIpc) is 3.07. The van der Waals surface area contributed by atoms with Gasteiger partial charge in [-0.05, 0) is 49.6 Å². The predicted molar refractivity (Wildman–Crippen MR) is 115 cm³/mol. The Labute approximate surface area is 178 Å². The highest BCUT2D eigenvalue weighted by Crippen LogP contribution is 2.23. The molecule has 1 aromatic heterocycles. The van der Waals surface area contributed by atoms with Gasteiger partial charge in [-0.2, -0.15) is 0 Å². The van der Waals surface area contributed by atoms with Crippen LogP contribution in [-0.2, 0) is 11.2 Å². The maximum absolute atomic E-state index is 14.3. The Morgan fingerprint density at radius 3 is 2.63 bits per heavy atom. The summed E-state index contributed by atoms with van der Waals surface area (Å²) in [7, 11) is 0. The largest absolute Gasteiger partial charge is 0.356 e. The molecule has 0 spiro atoms. The Hall–Kier alpha value is -3.00. The fourth-order valence-corrected chi connectivity index (χ4v) is 3.90. The first-order valence-electron chi connectivity index (χ1n) is 9.53. The van der Waals surface area contributed by atoms with Crippen molar-refractivity contribution in [2.45, 2.75) is 32.3 Å². The number of aryl methyl sites for hydroxylation is 2. The highest BCUT2D eigenvalue weighted by atomic mass is 32.2. The smallest absolute Gasteiger partial charge is 0.216 e. The summed E-state index contributed by atoms with van der Waals surface area (Å²) in [5.74, 6) is 0.0473. The summed E-state index contributed by atoms with van der Waals surface area (Å²) in [4.78, 5) is 23.5. The number of hydrogen-bond donors (Lipinski definition) is 1. The van der Waals surface area contributed by atoms with Crippen molar-refractivity contribution in [2.24, 2.45) is 0 Å². The summed E-state index contributed by atoms with van der Waals surface area (Å²) < 4.78 is 16.2. The van der Waals surface area contributed by atoms with Gasteiger partial charge in [-0.15, -0.1) is 10.2 Å². The van der Waals surface area contributed by atoms with E-state index in [0.29, 0.717) is 29.2 Å². The summed E-state index contributed by atoms with van der Waals surface area (Å²) in [5, 5.41) is 11.6. The zero-order valence-corrected chi connectivity index (χ0v) is 17.9. The van der Waals surface area contributed by atoms with Crippen molar-refractivity contribution in [1.29, 1.82) is 0 Å². The zero-order chi connectivity index (χ0) is 21.7. The molecule has 0 aliphatic rings. The van der Waals surface area contributed by atoms with E-state index in [1.165, 1.54) is 24.8 Å². The Kier molecular flexibility index (Phi) is 6.99. The number of nitrogens with zero attached hydrogens (tertiary/aromatic N) is 3. The lowest BCUT2D eigenvalue weighted by Crippen LogP contribution is -2.22. The third-order valence-electron chi connectivity index (χ3n) is 4.53. The minimum atomic E-state index is -0.449. The SMILES string of the molecule is CC(=O)NCCc1ccc(C(=O)CSc2nnc(C)n2-c2cccc(C)c2)cc1F. The van der Waals surface area contributed by atoms with E-state index < -0.39 is 5.82 Å². The molecule has 0 fully saturated rings. The number of rotatable bonds is 8. The second-order valence-corrected chi connectivity index (χ2v) is 7.90. The Morgan fingerprint density at radius 1 is 1.13 bits per heavy atom. The van der Waals surface area contributed by atoms with Crippen molar-refractivity contribution in [1.82, 2.24) is 20.1 Å². The van der Waals surface area contributed by atoms with Crippen LogP contribution >= 0.6 is 11.8 Å². The van der Waals surface area contributed by atoms with Gasteiger partial charge in [-0.25, -0.2) is 4.39 Å². The van der Waals surface area contributed by atoms with Crippen LogP contribution in [0.1, 0.15) is 34.2 Å². The molecular weight excluding hydrogens is 403 g/mol. The van der Waals surface area contributed by atoms with Crippen LogP contribution < -0.4 is 5.32 Å². The molecular formula is C22H23FN4O2S. The summed E-state index contributed by atoms with van der Waals surface area (Å²) in [5.41, 5.74) is 2.81. The molecule has 1 amide bonds. The van der Waals surface area contributed by atoms with Crippen molar-refractivity contribution in [3.63, 3.8) is 0 Å². The number of amides is 1. The molecule has 6 nitrogen and oxygen atoms in total. The average molecular weight is 427 g/mol. The van der Waals surface area contributed by atoms with Gasteiger partial charge in [0.2, 0.25) is 5.91 Å². The Morgan fingerprint density at radius 2 is 1.93 bits per heavy atom. The van der Waals surface area contributed by atoms with E-state index in [0.717, 1.165) is 17.1 Å². The predicted octanol–water partition coefficient (Wildman–Crippen LogP) is 3.68. The maximum atomic E-state index is 14.3. The quantitative estimate of drug-likeness (QED) is 0.439. The van der Waals surface area contributed by atoms with E-state index >= 15 is 0 Å². The second-order valence-electron chi connectivity index (χ2n) is 6.96. The van der Waals surface area contributed by atoms with Crippen molar-refractivity contribution in [3.05, 3.63) is 70.8 Å². The second kappa shape index (κ2) is 9.67. The molecule has 8 heteroatoms. The molecule has 3 aromatic rings. The van der Waals surface area contributed by atoms with E-state index in [4.69, 9.17) is 0 Å². The number of nitrogens with one attached hydrogen (secondary N) is 1. The molecule has 0 radical (unpaired) electrons. The first kappa shape index (κ1) is 21.7. The monoisotopic (exact) mass is 426 g/mol. The van der Waals surface area contributed by atoms with Gasteiger partial charge in [-0.1, -0.05) is 36.0 Å². The minimum absolute atomic E-state index is 0.120. The molecule has 0 aliphatic carbocycles. The van der Waals surface area contributed by atoms with Crippen LogP contribution in [0, 0.1) is 19.7 Å². The van der Waals surface area contributed by atoms with Crippen LogP contribution in [0.2, 0.25) is 0 Å². The van der Waals surface area contributed by atoms with Gasteiger partial charge in [0, 0.05) is 24.7 Å².